The number of amides is 1. The Bertz CT molecular complexity index is 1310. The minimum Gasteiger partial charge on any atom is -0.497 e. The van der Waals surface area contributed by atoms with Crippen molar-refractivity contribution in [2.75, 3.05) is 14.2 Å². The Hall–Kier alpha value is -4.66. The Morgan fingerprint density at radius 3 is 2.36 bits per heavy atom. The molecular weight excluding hydrogens is 462 g/mol. The Labute approximate surface area is 208 Å². The number of rotatable bonds is 10. The summed E-state index contributed by atoms with van der Waals surface area (Å²) in [5.41, 5.74) is 1.89. The number of nitrogens with one attached hydrogen (secondary N) is 1. The second-order valence-electron chi connectivity index (χ2n) is 7.75. The second kappa shape index (κ2) is 11.7. The molecule has 9 heteroatoms. The third kappa shape index (κ3) is 6.06. The van der Waals surface area contributed by atoms with Gasteiger partial charge >= 0.3 is 5.97 Å². The first kappa shape index (κ1) is 24.5. The fourth-order valence-electron chi connectivity index (χ4n) is 3.54. The van der Waals surface area contributed by atoms with Gasteiger partial charge in [-0.25, -0.2) is 0 Å². The monoisotopic (exact) mass is 487 g/mol. The number of methoxy groups -OCH3 is 2. The smallest absolute Gasteiger partial charge is 0.308 e. The Balaban J connectivity index is 1.41. The summed E-state index contributed by atoms with van der Waals surface area (Å²) in [5, 5.41) is 6.87. The van der Waals surface area contributed by atoms with Gasteiger partial charge in [0.25, 0.3) is 11.8 Å². The molecule has 0 fully saturated rings. The zero-order valence-corrected chi connectivity index (χ0v) is 19.8. The predicted molar refractivity (Wildman–Crippen MR) is 130 cm³/mol. The summed E-state index contributed by atoms with van der Waals surface area (Å²) in [4.78, 5) is 29.7. The fourth-order valence-corrected chi connectivity index (χ4v) is 3.54. The lowest BCUT2D eigenvalue weighted by Crippen LogP contribution is -2.30. The van der Waals surface area contributed by atoms with Gasteiger partial charge in [-0.2, -0.15) is 4.98 Å². The Morgan fingerprint density at radius 2 is 1.67 bits per heavy atom. The van der Waals surface area contributed by atoms with Crippen LogP contribution in [-0.4, -0.2) is 36.2 Å². The predicted octanol–water partition coefficient (Wildman–Crippen LogP) is 4.36. The molecule has 0 radical (unpaired) electrons. The number of hydrogen-bond donors (Lipinski definition) is 1. The number of esters is 1. The van der Waals surface area contributed by atoms with Crippen LogP contribution in [0.25, 0.3) is 11.4 Å². The van der Waals surface area contributed by atoms with Crippen LogP contribution in [-0.2, 0) is 16.1 Å². The normalized spacial score (nSPS) is 11.4. The molecule has 4 aromatic rings. The van der Waals surface area contributed by atoms with Gasteiger partial charge in [0.2, 0.25) is 5.82 Å². The molecule has 184 valence electrons. The third-order valence-corrected chi connectivity index (χ3v) is 5.39. The molecular formula is C27H25N3O6. The summed E-state index contributed by atoms with van der Waals surface area (Å²) in [6.07, 6.45) is -0.0735. The number of carbonyl (C=O) groups is 2. The number of aromatic nitrogens is 2. The molecule has 4 rings (SSSR count). The quantitative estimate of drug-likeness (QED) is 0.328. The Morgan fingerprint density at radius 1 is 0.944 bits per heavy atom. The van der Waals surface area contributed by atoms with E-state index in [4.69, 9.17) is 18.7 Å². The van der Waals surface area contributed by atoms with Crippen molar-refractivity contribution in [2.45, 2.75) is 19.1 Å². The molecule has 1 aromatic heterocycles. The van der Waals surface area contributed by atoms with Gasteiger partial charge in [0.1, 0.15) is 11.5 Å². The number of ether oxygens (including phenoxy) is 3. The highest BCUT2D eigenvalue weighted by Gasteiger charge is 2.21. The van der Waals surface area contributed by atoms with Crippen LogP contribution in [0.1, 0.15) is 34.3 Å². The molecule has 3 aromatic carbocycles. The highest BCUT2D eigenvalue weighted by molar-refractivity contribution is 5.94. The van der Waals surface area contributed by atoms with Gasteiger partial charge in [-0.15, -0.1) is 0 Å². The SMILES string of the molecule is COc1ccc(-c2noc(COC(=O)CC(NC(=O)c3ccccc3)c3ccccc3)n2)c(OC)c1. The van der Waals surface area contributed by atoms with Gasteiger partial charge < -0.3 is 24.1 Å². The summed E-state index contributed by atoms with van der Waals surface area (Å²) in [6.45, 7) is -0.210. The van der Waals surface area contributed by atoms with E-state index in [2.05, 4.69) is 15.5 Å². The van der Waals surface area contributed by atoms with Gasteiger partial charge in [0.15, 0.2) is 6.61 Å². The van der Waals surface area contributed by atoms with Crippen LogP contribution >= 0.6 is 0 Å². The lowest BCUT2D eigenvalue weighted by molar-refractivity contribution is -0.146. The summed E-state index contributed by atoms with van der Waals surface area (Å²) >= 11 is 0. The number of carbonyl (C=O) groups excluding carboxylic acids is 2. The molecule has 0 bridgehead atoms. The lowest BCUT2D eigenvalue weighted by Gasteiger charge is -2.18. The zero-order chi connectivity index (χ0) is 25.3. The molecule has 0 aliphatic rings. The van der Waals surface area contributed by atoms with Crippen molar-refractivity contribution in [2.24, 2.45) is 0 Å². The van der Waals surface area contributed by atoms with Crippen LogP contribution in [0.4, 0.5) is 0 Å². The van der Waals surface area contributed by atoms with Gasteiger partial charge in [-0.1, -0.05) is 53.7 Å². The van der Waals surface area contributed by atoms with E-state index in [1.807, 2.05) is 36.4 Å². The van der Waals surface area contributed by atoms with Crippen molar-refractivity contribution in [3.8, 4) is 22.9 Å². The van der Waals surface area contributed by atoms with Crippen molar-refractivity contribution < 1.29 is 28.3 Å². The lowest BCUT2D eigenvalue weighted by atomic mass is 10.0. The average Bonchev–Trinajstić information content (AvgIpc) is 3.41. The van der Waals surface area contributed by atoms with E-state index in [-0.39, 0.29) is 30.7 Å². The second-order valence-corrected chi connectivity index (χ2v) is 7.75. The average molecular weight is 488 g/mol. The maximum Gasteiger partial charge on any atom is 0.308 e. The van der Waals surface area contributed by atoms with E-state index in [9.17, 15) is 9.59 Å². The first-order chi connectivity index (χ1) is 17.6. The van der Waals surface area contributed by atoms with E-state index < -0.39 is 12.0 Å². The molecule has 0 saturated carbocycles. The van der Waals surface area contributed by atoms with Crippen LogP contribution < -0.4 is 14.8 Å². The van der Waals surface area contributed by atoms with Crippen molar-refractivity contribution in [1.29, 1.82) is 0 Å². The third-order valence-electron chi connectivity index (χ3n) is 5.39. The molecule has 0 spiro atoms. The highest BCUT2D eigenvalue weighted by Crippen LogP contribution is 2.31. The fraction of sp³-hybridized carbons (Fsp3) is 0.185. The maximum absolute atomic E-state index is 12.7. The van der Waals surface area contributed by atoms with Crippen molar-refractivity contribution in [3.05, 3.63) is 95.9 Å². The van der Waals surface area contributed by atoms with Crippen LogP contribution in [0.5, 0.6) is 11.5 Å². The van der Waals surface area contributed by atoms with Gasteiger partial charge in [0, 0.05) is 11.6 Å². The van der Waals surface area contributed by atoms with E-state index >= 15 is 0 Å². The topological polar surface area (TPSA) is 113 Å². The summed E-state index contributed by atoms with van der Waals surface area (Å²) in [5.74, 6) is 0.740. The first-order valence-electron chi connectivity index (χ1n) is 11.2. The van der Waals surface area contributed by atoms with E-state index in [0.29, 0.717) is 22.6 Å². The van der Waals surface area contributed by atoms with E-state index in [1.165, 1.54) is 7.11 Å². The molecule has 1 heterocycles. The molecule has 1 atom stereocenters. The first-order valence-corrected chi connectivity index (χ1v) is 11.2. The van der Waals surface area contributed by atoms with Gasteiger partial charge in [-0.05, 0) is 29.8 Å². The van der Waals surface area contributed by atoms with Crippen LogP contribution in [0.15, 0.2) is 83.4 Å². The largest absolute Gasteiger partial charge is 0.497 e. The van der Waals surface area contributed by atoms with Crippen molar-refractivity contribution >= 4 is 11.9 Å². The molecule has 1 unspecified atom stereocenters. The van der Waals surface area contributed by atoms with Crippen LogP contribution in [0, 0.1) is 0 Å². The summed E-state index contributed by atoms with van der Waals surface area (Å²) in [7, 11) is 3.09. The molecule has 1 amide bonds. The highest BCUT2D eigenvalue weighted by atomic mass is 16.6. The molecule has 0 saturated heterocycles. The number of benzene rings is 3. The van der Waals surface area contributed by atoms with Crippen molar-refractivity contribution in [3.63, 3.8) is 0 Å². The molecule has 1 N–H and O–H groups in total. The minimum atomic E-state index is -0.576. The van der Waals surface area contributed by atoms with E-state index in [0.717, 1.165) is 5.56 Å². The summed E-state index contributed by atoms with van der Waals surface area (Å²) in [6, 6.07) is 22.7. The van der Waals surface area contributed by atoms with Crippen LogP contribution in [0.2, 0.25) is 0 Å². The number of nitrogens with zero attached hydrogens (tertiary/aromatic N) is 2. The maximum atomic E-state index is 12.7. The molecule has 0 aliphatic heterocycles. The summed E-state index contributed by atoms with van der Waals surface area (Å²) < 4.78 is 21.2. The minimum absolute atomic E-state index is 0.0735. The standard InChI is InChI=1S/C27H25N3O6/c1-33-20-13-14-21(23(15-20)34-2)26-29-24(36-30-26)17-35-25(31)16-22(18-9-5-3-6-10-18)28-27(32)19-11-7-4-8-12-19/h3-15,22H,16-17H2,1-2H3,(H,28,32). The molecule has 0 aliphatic carbocycles. The number of hydrogen-bond acceptors (Lipinski definition) is 8. The molecule has 9 nitrogen and oxygen atoms in total. The van der Waals surface area contributed by atoms with E-state index in [1.54, 1.807) is 49.6 Å². The Kier molecular flexibility index (Phi) is 7.92. The zero-order valence-electron chi connectivity index (χ0n) is 19.8. The van der Waals surface area contributed by atoms with Crippen LogP contribution in [0.3, 0.4) is 0 Å². The van der Waals surface area contributed by atoms with Gasteiger partial charge in [-0.3, -0.25) is 9.59 Å². The molecule has 36 heavy (non-hydrogen) atoms. The van der Waals surface area contributed by atoms with Gasteiger partial charge in [0.05, 0.1) is 32.2 Å². The van der Waals surface area contributed by atoms with Crippen molar-refractivity contribution in [1.82, 2.24) is 15.5 Å².